The van der Waals surface area contributed by atoms with Crippen LogP contribution in [-0.2, 0) is 9.53 Å². The van der Waals surface area contributed by atoms with Crippen molar-refractivity contribution in [3.8, 4) is 5.75 Å². The van der Waals surface area contributed by atoms with E-state index in [1.165, 1.54) is 7.11 Å². The molecule has 0 bridgehead atoms. The molecule has 0 aliphatic carbocycles. The summed E-state index contributed by atoms with van der Waals surface area (Å²) in [7, 11) is 1.25. The highest BCUT2D eigenvalue weighted by molar-refractivity contribution is 5.94. The van der Waals surface area contributed by atoms with E-state index in [1.807, 2.05) is 0 Å². The molecule has 1 aromatic rings. The Bertz CT molecular complexity index is 446. The fourth-order valence-corrected chi connectivity index (χ4v) is 1.19. The van der Waals surface area contributed by atoms with Gasteiger partial charge >= 0.3 is 6.09 Å². The molecule has 2 rings (SSSR count). The number of rotatable bonds is 1. The summed E-state index contributed by atoms with van der Waals surface area (Å²) in [5.41, 5.74) is 0. The Hall–Kier alpha value is -2.31. The molecule has 1 aliphatic heterocycles. The van der Waals surface area contributed by atoms with Crippen molar-refractivity contribution < 1.29 is 19.1 Å². The third-order valence-corrected chi connectivity index (χ3v) is 1.89. The quantitative estimate of drug-likeness (QED) is 0.727. The Morgan fingerprint density at radius 2 is 2.44 bits per heavy atom. The molecule has 0 unspecified atom stereocenters. The number of carbonyl (C=O) groups is 2. The van der Waals surface area contributed by atoms with Crippen LogP contribution in [0, 0.1) is 0 Å². The molecule has 0 fully saturated rings. The first kappa shape index (κ1) is 10.2. The molecule has 16 heavy (non-hydrogen) atoms. The number of methoxy groups -OCH3 is 1. The average Bonchev–Trinajstić information content (AvgIpc) is 2.28. The normalized spacial score (nSPS) is 13.2. The molecule has 0 atom stereocenters. The maximum Gasteiger partial charge on any atom is 0.412 e. The summed E-state index contributed by atoms with van der Waals surface area (Å²) in [5, 5.41) is 4.90. The number of fused-ring (bicyclic) bond motifs is 1. The number of amides is 2. The van der Waals surface area contributed by atoms with Gasteiger partial charge in [0.05, 0.1) is 7.11 Å². The lowest BCUT2D eigenvalue weighted by atomic mass is 10.3. The lowest BCUT2D eigenvalue weighted by molar-refractivity contribution is -0.118. The lowest BCUT2D eigenvalue weighted by Crippen LogP contribution is -2.26. The van der Waals surface area contributed by atoms with E-state index >= 15 is 0 Å². The van der Waals surface area contributed by atoms with Gasteiger partial charge in [0.25, 0.3) is 5.91 Å². The number of pyridine rings is 1. The minimum absolute atomic E-state index is 0.0293. The molecular formula is C9H9N3O4. The number of nitrogens with one attached hydrogen (secondary N) is 2. The van der Waals surface area contributed by atoms with Crippen LogP contribution in [-0.4, -0.2) is 30.7 Å². The van der Waals surface area contributed by atoms with E-state index in [0.29, 0.717) is 5.75 Å². The first-order valence-corrected chi connectivity index (χ1v) is 4.47. The summed E-state index contributed by atoms with van der Waals surface area (Å²) in [6.45, 7) is -0.0293. The molecule has 0 saturated heterocycles. The minimum Gasteiger partial charge on any atom is -0.480 e. The van der Waals surface area contributed by atoms with Gasteiger partial charge in [-0.1, -0.05) is 0 Å². The number of anilines is 2. The Morgan fingerprint density at radius 1 is 1.62 bits per heavy atom. The van der Waals surface area contributed by atoms with E-state index < -0.39 is 6.09 Å². The molecule has 0 radical (unpaired) electrons. The van der Waals surface area contributed by atoms with Crippen LogP contribution in [0.25, 0.3) is 0 Å². The molecule has 0 saturated carbocycles. The van der Waals surface area contributed by atoms with E-state index in [4.69, 9.17) is 4.74 Å². The van der Waals surface area contributed by atoms with Crippen molar-refractivity contribution in [2.45, 2.75) is 0 Å². The molecule has 1 aromatic heterocycles. The molecule has 0 spiro atoms. The first-order chi connectivity index (χ1) is 7.69. The molecule has 2 amide bonds. The van der Waals surface area contributed by atoms with Crippen LogP contribution in [0.3, 0.4) is 0 Å². The summed E-state index contributed by atoms with van der Waals surface area (Å²) in [6.07, 6.45) is -0.629. The number of nitrogens with zero attached hydrogens (tertiary/aromatic N) is 1. The van der Waals surface area contributed by atoms with Gasteiger partial charge in [0.2, 0.25) is 0 Å². The Morgan fingerprint density at radius 3 is 3.19 bits per heavy atom. The minimum atomic E-state index is -0.629. The zero-order valence-electron chi connectivity index (χ0n) is 8.44. The highest BCUT2D eigenvalue weighted by Gasteiger charge is 2.17. The van der Waals surface area contributed by atoms with Crippen LogP contribution >= 0.6 is 0 Å². The van der Waals surface area contributed by atoms with Gasteiger partial charge < -0.3 is 14.8 Å². The lowest BCUT2D eigenvalue weighted by Gasteiger charge is -2.17. The van der Waals surface area contributed by atoms with E-state index in [1.54, 1.807) is 12.1 Å². The molecule has 2 N–H and O–H groups in total. The summed E-state index contributed by atoms with van der Waals surface area (Å²) in [4.78, 5) is 25.9. The molecular weight excluding hydrogens is 214 g/mol. The van der Waals surface area contributed by atoms with Gasteiger partial charge in [-0.25, -0.2) is 9.78 Å². The average molecular weight is 223 g/mol. The molecule has 2 heterocycles. The Kier molecular flexibility index (Phi) is 2.59. The number of carbonyl (C=O) groups excluding carboxylic acids is 2. The second-order valence-electron chi connectivity index (χ2n) is 3.00. The summed E-state index contributed by atoms with van der Waals surface area (Å²) in [6, 6.07) is 3.15. The van der Waals surface area contributed by atoms with Crippen molar-refractivity contribution in [2.75, 3.05) is 24.4 Å². The summed E-state index contributed by atoms with van der Waals surface area (Å²) < 4.78 is 9.51. The Balaban J connectivity index is 2.21. The fourth-order valence-electron chi connectivity index (χ4n) is 1.19. The number of ether oxygens (including phenoxy) is 2. The topological polar surface area (TPSA) is 89.5 Å². The van der Waals surface area contributed by atoms with Crippen molar-refractivity contribution in [3.63, 3.8) is 0 Å². The highest BCUT2D eigenvalue weighted by atomic mass is 16.5. The van der Waals surface area contributed by atoms with E-state index in [-0.39, 0.29) is 24.1 Å². The van der Waals surface area contributed by atoms with Gasteiger partial charge in [0, 0.05) is 0 Å². The highest BCUT2D eigenvalue weighted by Crippen LogP contribution is 2.26. The van der Waals surface area contributed by atoms with Crippen LogP contribution in [0.15, 0.2) is 12.1 Å². The Labute approximate surface area is 90.8 Å². The predicted octanol–water partition coefficient (Wildman–Crippen LogP) is 0.591. The standard InChI is InChI=1S/C9H9N3O4/c1-15-9(14)11-6-3-2-5-8(10-6)12-7(13)4-16-5/h2-3H,4H2,1H3,(H2,10,11,12,13,14). The van der Waals surface area contributed by atoms with Crippen LogP contribution in [0.2, 0.25) is 0 Å². The van der Waals surface area contributed by atoms with Gasteiger partial charge in [0.15, 0.2) is 18.2 Å². The molecule has 1 aliphatic rings. The molecule has 84 valence electrons. The van der Waals surface area contributed by atoms with Crippen LogP contribution in [0.5, 0.6) is 5.75 Å². The second kappa shape index (κ2) is 4.05. The number of hydrogen-bond acceptors (Lipinski definition) is 5. The van der Waals surface area contributed by atoms with Gasteiger partial charge in [-0.05, 0) is 12.1 Å². The summed E-state index contributed by atoms with van der Waals surface area (Å²) >= 11 is 0. The third-order valence-electron chi connectivity index (χ3n) is 1.89. The molecule has 7 heteroatoms. The monoisotopic (exact) mass is 223 g/mol. The van der Waals surface area contributed by atoms with Crippen LogP contribution in [0.1, 0.15) is 0 Å². The number of aromatic nitrogens is 1. The third kappa shape index (κ3) is 2.02. The van der Waals surface area contributed by atoms with Gasteiger partial charge in [-0.2, -0.15) is 0 Å². The summed E-state index contributed by atoms with van der Waals surface area (Å²) in [5.74, 6) is 0.742. The zero-order valence-corrected chi connectivity index (χ0v) is 8.44. The van der Waals surface area contributed by atoms with Crippen molar-refractivity contribution in [1.82, 2.24) is 4.98 Å². The van der Waals surface area contributed by atoms with Crippen LogP contribution in [0.4, 0.5) is 16.4 Å². The SMILES string of the molecule is COC(=O)Nc1ccc2c(n1)NC(=O)CO2. The van der Waals surface area contributed by atoms with Crippen molar-refractivity contribution in [3.05, 3.63) is 12.1 Å². The predicted molar refractivity (Wildman–Crippen MR) is 54.4 cm³/mol. The van der Waals surface area contributed by atoms with Gasteiger partial charge in [-0.15, -0.1) is 0 Å². The maximum atomic E-state index is 11.0. The van der Waals surface area contributed by atoms with Crippen molar-refractivity contribution in [1.29, 1.82) is 0 Å². The molecule has 0 aromatic carbocycles. The van der Waals surface area contributed by atoms with Crippen LogP contribution < -0.4 is 15.4 Å². The molecule has 7 nitrogen and oxygen atoms in total. The second-order valence-corrected chi connectivity index (χ2v) is 3.00. The maximum absolute atomic E-state index is 11.0. The van der Waals surface area contributed by atoms with Crippen molar-refractivity contribution >= 4 is 23.6 Å². The van der Waals surface area contributed by atoms with E-state index in [9.17, 15) is 9.59 Å². The van der Waals surface area contributed by atoms with E-state index in [2.05, 4.69) is 20.4 Å². The first-order valence-electron chi connectivity index (χ1n) is 4.47. The van der Waals surface area contributed by atoms with Gasteiger partial charge in [-0.3, -0.25) is 10.1 Å². The largest absolute Gasteiger partial charge is 0.480 e. The number of hydrogen-bond donors (Lipinski definition) is 2. The van der Waals surface area contributed by atoms with E-state index in [0.717, 1.165) is 0 Å². The fraction of sp³-hybridized carbons (Fsp3) is 0.222. The smallest absolute Gasteiger partial charge is 0.412 e. The van der Waals surface area contributed by atoms with Gasteiger partial charge in [0.1, 0.15) is 5.82 Å². The zero-order chi connectivity index (χ0) is 11.5. The van der Waals surface area contributed by atoms with Crippen molar-refractivity contribution in [2.24, 2.45) is 0 Å².